The highest BCUT2D eigenvalue weighted by Gasteiger charge is 2.31. The van der Waals surface area contributed by atoms with Crippen molar-refractivity contribution in [2.24, 2.45) is 5.73 Å². The van der Waals surface area contributed by atoms with Gasteiger partial charge in [0.1, 0.15) is 11.8 Å². The second-order valence-electron chi connectivity index (χ2n) is 10.5. The molecule has 0 fully saturated rings. The molecule has 4 rings (SSSR count). The van der Waals surface area contributed by atoms with Gasteiger partial charge in [0.05, 0.1) is 0 Å². The molecule has 0 aliphatic carbocycles. The Kier molecular flexibility index (Phi) is 11.9. The predicted octanol–water partition coefficient (Wildman–Crippen LogP) is 5.41. The lowest BCUT2D eigenvalue weighted by atomic mass is 10.0. The molecule has 46 heavy (non-hydrogen) atoms. The smallest absolute Gasteiger partial charge is 0.422 e. The molecule has 0 aliphatic rings. The molecule has 1 atom stereocenters. The van der Waals surface area contributed by atoms with E-state index in [2.05, 4.69) is 10.6 Å². The van der Waals surface area contributed by atoms with Crippen LogP contribution in [0.1, 0.15) is 32.6 Å². The summed E-state index contributed by atoms with van der Waals surface area (Å²) in [6.45, 7) is -0.876. The van der Waals surface area contributed by atoms with Crippen molar-refractivity contribution >= 4 is 17.8 Å². The molecule has 0 saturated carbocycles. The van der Waals surface area contributed by atoms with Gasteiger partial charge in [-0.2, -0.15) is 13.2 Å². The highest BCUT2D eigenvalue weighted by molar-refractivity contribution is 6.01. The van der Waals surface area contributed by atoms with Gasteiger partial charge in [-0.15, -0.1) is 0 Å². The number of alkyl halides is 3. The SMILES string of the molecule is NCc1ccc(CNC(=O)N(CCc2ccccc2)C(=O)[C@@H](Cc2ccc(OCC(F)(F)F)cc2)NC(=O)c2ccccc2)cc1. The van der Waals surface area contributed by atoms with Crippen LogP contribution >= 0.6 is 0 Å². The number of hydrogen-bond donors (Lipinski definition) is 3. The lowest BCUT2D eigenvalue weighted by Crippen LogP contribution is -2.54. The topological polar surface area (TPSA) is 114 Å². The van der Waals surface area contributed by atoms with E-state index in [0.717, 1.165) is 21.6 Å². The molecule has 0 aromatic heterocycles. The van der Waals surface area contributed by atoms with Crippen LogP contribution in [-0.4, -0.2) is 48.1 Å². The van der Waals surface area contributed by atoms with Crippen molar-refractivity contribution in [1.82, 2.24) is 15.5 Å². The number of ether oxygens (including phenoxy) is 1. The number of nitrogens with zero attached hydrogens (tertiary/aromatic N) is 1. The van der Waals surface area contributed by atoms with Gasteiger partial charge in [0, 0.05) is 31.6 Å². The fourth-order valence-electron chi connectivity index (χ4n) is 4.61. The van der Waals surface area contributed by atoms with Gasteiger partial charge < -0.3 is 21.1 Å². The highest BCUT2D eigenvalue weighted by Crippen LogP contribution is 2.20. The summed E-state index contributed by atoms with van der Waals surface area (Å²) < 4.78 is 42.6. The standard InChI is InChI=1S/C35H35F3N4O4/c36-35(37,38)24-46-30-17-15-26(16-18-30)21-31(41-32(43)29-9-5-2-6-10-29)33(44)42(20-19-25-7-3-1-4-8-25)34(45)40-23-28-13-11-27(22-39)12-14-28/h1-18,31H,19-24,39H2,(H,40,45)(H,41,43)/t31-/m1/s1. The average Bonchev–Trinajstić information content (AvgIpc) is 3.07. The molecular formula is C35H35F3N4O4. The summed E-state index contributed by atoms with van der Waals surface area (Å²) in [5.74, 6) is -1.17. The fourth-order valence-corrected chi connectivity index (χ4v) is 4.61. The fraction of sp³-hybridized carbons (Fsp3) is 0.229. The average molecular weight is 633 g/mol. The van der Waals surface area contributed by atoms with Gasteiger partial charge in [-0.3, -0.25) is 14.5 Å². The van der Waals surface area contributed by atoms with E-state index >= 15 is 0 Å². The van der Waals surface area contributed by atoms with E-state index in [0.29, 0.717) is 24.1 Å². The number of benzene rings is 4. The number of carbonyl (C=O) groups is 3. The van der Waals surface area contributed by atoms with Crippen molar-refractivity contribution in [3.63, 3.8) is 0 Å². The first-order valence-corrected chi connectivity index (χ1v) is 14.7. The molecular weight excluding hydrogens is 597 g/mol. The Balaban J connectivity index is 1.57. The van der Waals surface area contributed by atoms with Gasteiger partial charge in [-0.1, -0.05) is 84.9 Å². The lowest BCUT2D eigenvalue weighted by molar-refractivity contribution is -0.153. The maximum absolute atomic E-state index is 14.1. The van der Waals surface area contributed by atoms with Crippen LogP contribution in [0.5, 0.6) is 5.75 Å². The predicted molar refractivity (Wildman–Crippen MR) is 168 cm³/mol. The molecule has 4 aromatic rings. The van der Waals surface area contributed by atoms with Crippen LogP contribution in [0, 0.1) is 0 Å². The van der Waals surface area contributed by atoms with Crippen LogP contribution in [0.2, 0.25) is 0 Å². The normalized spacial score (nSPS) is 11.7. The summed E-state index contributed by atoms with van der Waals surface area (Å²) in [5, 5.41) is 5.56. The van der Waals surface area contributed by atoms with E-state index < -0.39 is 36.7 Å². The van der Waals surface area contributed by atoms with E-state index in [1.807, 2.05) is 54.6 Å². The monoisotopic (exact) mass is 632 g/mol. The first kappa shape index (κ1) is 33.7. The van der Waals surface area contributed by atoms with Crippen LogP contribution in [-0.2, 0) is 30.7 Å². The Morgan fingerprint density at radius 3 is 1.96 bits per heavy atom. The first-order valence-electron chi connectivity index (χ1n) is 14.7. The number of amides is 4. The molecule has 0 bridgehead atoms. The van der Waals surface area contributed by atoms with Crippen molar-refractivity contribution in [1.29, 1.82) is 0 Å². The lowest BCUT2D eigenvalue weighted by Gasteiger charge is -2.27. The molecule has 0 unspecified atom stereocenters. The number of halogens is 3. The number of nitrogens with one attached hydrogen (secondary N) is 2. The minimum absolute atomic E-state index is 0.000587. The Morgan fingerprint density at radius 1 is 0.761 bits per heavy atom. The number of carbonyl (C=O) groups excluding carboxylic acids is 3. The van der Waals surface area contributed by atoms with Crippen LogP contribution in [0.15, 0.2) is 109 Å². The van der Waals surface area contributed by atoms with Gasteiger partial charge in [-0.25, -0.2) is 4.79 Å². The molecule has 0 aliphatic heterocycles. The Labute approximate surface area is 265 Å². The molecule has 240 valence electrons. The summed E-state index contributed by atoms with van der Waals surface area (Å²) in [4.78, 5) is 42.0. The highest BCUT2D eigenvalue weighted by atomic mass is 19.4. The third kappa shape index (κ3) is 10.5. The van der Waals surface area contributed by atoms with Gasteiger partial charge >= 0.3 is 12.2 Å². The minimum atomic E-state index is -4.49. The van der Waals surface area contributed by atoms with Crippen LogP contribution in [0.4, 0.5) is 18.0 Å². The summed E-state index contributed by atoms with van der Waals surface area (Å²) in [7, 11) is 0. The zero-order chi connectivity index (χ0) is 32.9. The van der Waals surface area contributed by atoms with Crippen molar-refractivity contribution in [3.05, 3.63) is 137 Å². The van der Waals surface area contributed by atoms with E-state index in [1.165, 1.54) is 24.3 Å². The molecule has 0 saturated heterocycles. The second-order valence-corrected chi connectivity index (χ2v) is 10.5. The summed E-state index contributed by atoms with van der Waals surface area (Å²) in [6, 6.07) is 29.0. The third-order valence-electron chi connectivity index (χ3n) is 7.09. The zero-order valence-electron chi connectivity index (χ0n) is 25.0. The minimum Gasteiger partial charge on any atom is -0.484 e. The first-order chi connectivity index (χ1) is 22.1. The van der Waals surface area contributed by atoms with E-state index in [1.54, 1.807) is 30.3 Å². The molecule has 0 heterocycles. The second kappa shape index (κ2) is 16.2. The number of imide groups is 1. The summed E-state index contributed by atoms with van der Waals surface area (Å²) in [6.07, 6.45) is -4.15. The van der Waals surface area contributed by atoms with Crippen molar-refractivity contribution < 1.29 is 32.3 Å². The molecule has 0 spiro atoms. The zero-order valence-corrected chi connectivity index (χ0v) is 25.0. The number of urea groups is 1. The van der Waals surface area contributed by atoms with Crippen LogP contribution in [0.3, 0.4) is 0 Å². The molecule has 4 amide bonds. The molecule has 4 aromatic carbocycles. The Hall–Kier alpha value is -5.16. The number of rotatable bonds is 13. The van der Waals surface area contributed by atoms with Gasteiger partial charge in [-0.05, 0) is 52.9 Å². The van der Waals surface area contributed by atoms with Crippen molar-refractivity contribution in [2.75, 3.05) is 13.2 Å². The molecule has 11 heteroatoms. The van der Waals surface area contributed by atoms with Gasteiger partial charge in [0.2, 0.25) is 0 Å². The molecule has 4 N–H and O–H groups in total. The molecule has 0 radical (unpaired) electrons. The molecule has 8 nitrogen and oxygen atoms in total. The van der Waals surface area contributed by atoms with E-state index in [9.17, 15) is 27.6 Å². The Bertz CT molecular complexity index is 1570. The summed E-state index contributed by atoms with van der Waals surface area (Å²) in [5.41, 5.74) is 9.18. The van der Waals surface area contributed by atoms with E-state index in [4.69, 9.17) is 10.5 Å². The third-order valence-corrected chi connectivity index (χ3v) is 7.09. The largest absolute Gasteiger partial charge is 0.484 e. The van der Waals surface area contributed by atoms with Crippen molar-refractivity contribution in [2.45, 2.75) is 38.1 Å². The quantitative estimate of drug-likeness (QED) is 0.183. The van der Waals surface area contributed by atoms with Crippen LogP contribution < -0.4 is 21.1 Å². The van der Waals surface area contributed by atoms with Crippen LogP contribution in [0.25, 0.3) is 0 Å². The maximum atomic E-state index is 14.1. The Morgan fingerprint density at radius 2 is 1.35 bits per heavy atom. The maximum Gasteiger partial charge on any atom is 0.422 e. The van der Waals surface area contributed by atoms with Gasteiger partial charge in [0.15, 0.2) is 6.61 Å². The number of hydrogen-bond acceptors (Lipinski definition) is 5. The van der Waals surface area contributed by atoms with E-state index in [-0.39, 0.29) is 25.3 Å². The van der Waals surface area contributed by atoms with Crippen molar-refractivity contribution in [3.8, 4) is 5.75 Å². The summed E-state index contributed by atoms with van der Waals surface area (Å²) >= 11 is 0. The van der Waals surface area contributed by atoms with Gasteiger partial charge in [0.25, 0.3) is 11.8 Å². The number of nitrogens with two attached hydrogens (primary N) is 1.